The smallest absolute Gasteiger partial charge is 0.241 e. The second-order valence-electron chi connectivity index (χ2n) is 3.19. The van der Waals surface area contributed by atoms with E-state index in [0.717, 1.165) is 0 Å². The van der Waals surface area contributed by atoms with Crippen molar-refractivity contribution in [3.63, 3.8) is 0 Å². The average Bonchev–Trinajstić information content (AvgIpc) is 2.04. The summed E-state index contributed by atoms with van der Waals surface area (Å²) in [5.41, 5.74) is 16.5. The van der Waals surface area contributed by atoms with Crippen LogP contribution in [0.4, 0.5) is 5.69 Å². The molecule has 0 bridgehead atoms. The summed E-state index contributed by atoms with van der Waals surface area (Å²) in [5, 5.41) is 0. The summed E-state index contributed by atoms with van der Waals surface area (Å²) in [7, 11) is 0. The molecule has 1 aromatic carbocycles. The van der Waals surface area contributed by atoms with Crippen molar-refractivity contribution in [3.05, 3.63) is 29.8 Å². The number of anilines is 1. The van der Waals surface area contributed by atoms with E-state index in [1.54, 1.807) is 31.2 Å². The lowest BCUT2D eigenvalue weighted by Crippen LogP contribution is -2.46. The van der Waals surface area contributed by atoms with Gasteiger partial charge in [-0.1, -0.05) is 12.1 Å². The SMILES string of the molecule is C[C@](N)(C(N)=O)c1ccc(N)cc1. The molecule has 0 saturated heterocycles. The number of benzene rings is 1. The van der Waals surface area contributed by atoms with E-state index in [2.05, 4.69) is 0 Å². The highest BCUT2D eigenvalue weighted by Gasteiger charge is 2.27. The summed E-state index contributed by atoms with van der Waals surface area (Å²) in [6.45, 7) is 1.57. The molecule has 4 nitrogen and oxygen atoms in total. The van der Waals surface area contributed by atoms with Crippen molar-refractivity contribution in [2.24, 2.45) is 11.5 Å². The molecule has 0 aliphatic carbocycles. The zero-order valence-corrected chi connectivity index (χ0v) is 7.45. The summed E-state index contributed by atoms with van der Waals surface area (Å²) >= 11 is 0. The number of carbonyl (C=O) groups is 1. The third kappa shape index (κ3) is 1.78. The fraction of sp³-hybridized carbons (Fsp3) is 0.222. The van der Waals surface area contributed by atoms with Crippen LogP contribution in [0.15, 0.2) is 24.3 Å². The number of nitrogen functional groups attached to an aromatic ring is 1. The molecule has 0 spiro atoms. The Kier molecular flexibility index (Phi) is 2.25. The minimum Gasteiger partial charge on any atom is -0.399 e. The predicted octanol–water partition coefficient (Wildman–Crippen LogP) is -0.0720. The molecule has 0 aromatic heterocycles. The lowest BCUT2D eigenvalue weighted by molar-refractivity contribution is -0.122. The molecular formula is C9H13N3O. The molecule has 0 heterocycles. The molecule has 1 aromatic rings. The normalized spacial score (nSPS) is 14.9. The van der Waals surface area contributed by atoms with Gasteiger partial charge in [0.05, 0.1) is 0 Å². The van der Waals surface area contributed by atoms with Gasteiger partial charge in [0, 0.05) is 5.69 Å². The monoisotopic (exact) mass is 179 g/mol. The van der Waals surface area contributed by atoms with E-state index in [0.29, 0.717) is 11.3 Å². The second-order valence-corrected chi connectivity index (χ2v) is 3.19. The highest BCUT2D eigenvalue weighted by atomic mass is 16.1. The first-order chi connectivity index (χ1) is 5.94. The van der Waals surface area contributed by atoms with E-state index in [9.17, 15) is 4.79 Å². The lowest BCUT2D eigenvalue weighted by atomic mass is 9.92. The van der Waals surface area contributed by atoms with Gasteiger partial charge >= 0.3 is 0 Å². The molecule has 4 heteroatoms. The Hall–Kier alpha value is -1.55. The molecule has 1 rings (SSSR count). The maximum atomic E-state index is 11.0. The molecule has 1 amide bonds. The third-order valence-electron chi connectivity index (χ3n) is 2.02. The summed E-state index contributed by atoms with van der Waals surface area (Å²) in [6.07, 6.45) is 0. The van der Waals surface area contributed by atoms with E-state index in [-0.39, 0.29) is 0 Å². The van der Waals surface area contributed by atoms with Crippen LogP contribution in [0.5, 0.6) is 0 Å². The number of primary amides is 1. The number of hydrogen-bond donors (Lipinski definition) is 3. The van der Waals surface area contributed by atoms with E-state index in [1.807, 2.05) is 0 Å². The lowest BCUT2D eigenvalue weighted by Gasteiger charge is -2.20. The van der Waals surface area contributed by atoms with Crippen LogP contribution in [0, 0.1) is 0 Å². The zero-order valence-electron chi connectivity index (χ0n) is 7.45. The highest BCUT2D eigenvalue weighted by Crippen LogP contribution is 2.18. The van der Waals surface area contributed by atoms with Crippen molar-refractivity contribution in [1.29, 1.82) is 0 Å². The van der Waals surface area contributed by atoms with Gasteiger partial charge in [-0.15, -0.1) is 0 Å². The fourth-order valence-electron chi connectivity index (χ4n) is 0.972. The summed E-state index contributed by atoms with van der Waals surface area (Å²) in [4.78, 5) is 11.0. The van der Waals surface area contributed by atoms with Gasteiger partial charge in [-0.05, 0) is 24.6 Å². The van der Waals surface area contributed by atoms with E-state index < -0.39 is 11.4 Å². The first-order valence-electron chi connectivity index (χ1n) is 3.89. The minimum absolute atomic E-state index is 0.558. The van der Waals surface area contributed by atoms with Gasteiger partial charge in [0.15, 0.2) is 0 Å². The van der Waals surface area contributed by atoms with E-state index in [4.69, 9.17) is 17.2 Å². The van der Waals surface area contributed by atoms with Crippen molar-refractivity contribution < 1.29 is 4.79 Å². The summed E-state index contributed by atoms with van der Waals surface area (Å²) in [5.74, 6) is -0.558. The average molecular weight is 179 g/mol. The predicted molar refractivity (Wildman–Crippen MR) is 51.6 cm³/mol. The van der Waals surface area contributed by atoms with Crippen molar-refractivity contribution in [2.45, 2.75) is 12.5 Å². The Bertz CT molecular complexity index is 316. The Balaban J connectivity index is 3.08. The molecule has 0 radical (unpaired) electrons. The maximum Gasteiger partial charge on any atom is 0.241 e. The van der Waals surface area contributed by atoms with Gasteiger partial charge in [-0.2, -0.15) is 0 Å². The van der Waals surface area contributed by atoms with Crippen LogP contribution < -0.4 is 17.2 Å². The van der Waals surface area contributed by atoms with Crippen LogP contribution in [0.2, 0.25) is 0 Å². The van der Waals surface area contributed by atoms with Crippen molar-refractivity contribution >= 4 is 11.6 Å². The van der Waals surface area contributed by atoms with Gasteiger partial charge < -0.3 is 17.2 Å². The summed E-state index contributed by atoms with van der Waals surface area (Å²) < 4.78 is 0. The highest BCUT2D eigenvalue weighted by molar-refractivity contribution is 5.85. The standard InChI is InChI=1S/C9H13N3O/c1-9(12,8(11)13)6-2-4-7(10)5-3-6/h2-5H,10,12H2,1H3,(H2,11,13)/t9-/m1/s1. The molecule has 0 aliphatic rings. The quantitative estimate of drug-likeness (QED) is 0.554. The first kappa shape index (κ1) is 9.54. The molecule has 0 saturated carbocycles. The van der Waals surface area contributed by atoms with Crippen LogP contribution in [-0.2, 0) is 10.3 Å². The zero-order chi connectivity index (χ0) is 10.1. The maximum absolute atomic E-state index is 11.0. The first-order valence-corrected chi connectivity index (χ1v) is 3.89. The number of nitrogens with two attached hydrogens (primary N) is 3. The van der Waals surface area contributed by atoms with Crippen LogP contribution >= 0.6 is 0 Å². The number of hydrogen-bond acceptors (Lipinski definition) is 3. The molecule has 0 fully saturated rings. The molecular weight excluding hydrogens is 166 g/mol. The van der Waals surface area contributed by atoms with Crippen LogP contribution in [-0.4, -0.2) is 5.91 Å². The van der Waals surface area contributed by atoms with Crippen LogP contribution in [0.25, 0.3) is 0 Å². The minimum atomic E-state index is -1.13. The second kappa shape index (κ2) is 3.06. The van der Waals surface area contributed by atoms with Crippen molar-refractivity contribution in [2.75, 3.05) is 5.73 Å². The van der Waals surface area contributed by atoms with Crippen LogP contribution in [0.3, 0.4) is 0 Å². The Morgan fingerprint density at radius 1 is 1.31 bits per heavy atom. The third-order valence-corrected chi connectivity index (χ3v) is 2.02. The molecule has 1 atom stereocenters. The summed E-state index contributed by atoms with van der Waals surface area (Å²) in [6, 6.07) is 6.76. The van der Waals surface area contributed by atoms with Gasteiger partial charge in [0.1, 0.15) is 5.54 Å². The topological polar surface area (TPSA) is 95.1 Å². The van der Waals surface area contributed by atoms with Gasteiger partial charge in [0.2, 0.25) is 5.91 Å². The number of rotatable bonds is 2. The molecule has 0 aliphatic heterocycles. The number of amides is 1. The number of carbonyl (C=O) groups excluding carboxylic acids is 1. The van der Waals surface area contributed by atoms with Gasteiger partial charge in [0.25, 0.3) is 0 Å². The molecule has 70 valence electrons. The Labute approximate surface area is 76.7 Å². The molecule has 0 unspecified atom stereocenters. The Morgan fingerprint density at radius 2 is 1.77 bits per heavy atom. The van der Waals surface area contributed by atoms with Gasteiger partial charge in [-0.25, -0.2) is 0 Å². The van der Waals surface area contributed by atoms with Crippen molar-refractivity contribution in [3.8, 4) is 0 Å². The van der Waals surface area contributed by atoms with E-state index >= 15 is 0 Å². The van der Waals surface area contributed by atoms with Crippen LogP contribution in [0.1, 0.15) is 12.5 Å². The molecule has 13 heavy (non-hydrogen) atoms. The van der Waals surface area contributed by atoms with Gasteiger partial charge in [-0.3, -0.25) is 4.79 Å². The Morgan fingerprint density at radius 3 is 2.15 bits per heavy atom. The van der Waals surface area contributed by atoms with Crippen molar-refractivity contribution in [1.82, 2.24) is 0 Å². The largest absolute Gasteiger partial charge is 0.399 e. The molecule has 6 N–H and O–H groups in total. The fourth-order valence-corrected chi connectivity index (χ4v) is 0.972. The van der Waals surface area contributed by atoms with E-state index in [1.165, 1.54) is 0 Å².